The summed E-state index contributed by atoms with van der Waals surface area (Å²) in [6.45, 7) is 1.16. The van der Waals surface area contributed by atoms with Crippen molar-refractivity contribution in [3.05, 3.63) is 81.1 Å². The lowest BCUT2D eigenvalue weighted by Crippen LogP contribution is -2.42. The van der Waals surface area contributed by atoms with Gasteiger partial charge in [0.05, 0.1) is 25.7 Å². The van der Waals surface area contributed by atoms with E-state index in [9.17, 15) is 15.1 Å². The molecular weight excluding hydrogens is 326 g/mol. The molecule has 2 aliphatic rings. The normalized spacial score (nSPS) is 22.4. The summed E-state index contributed by atoms with van der Waals surface area (Å²) < 4.78 is -0.194. The molecule has 1 N–H and O–H groups in total. The van der Waals surface area contributed by atoms with E-state index in [-0.39, 0.29) is 4.65 Å². The summed E-state index contributed by atoms with van der Waals surface area (Å²) in [5.74, 6) is -0.901. The van der Waals surface area contributed by atoms with Crippen molar-refractivity contribution >= 4 is 11.5 Å². The zero-order valence-corrected chi connectivity index (χ0v) is 15.0. The molecule has 1 fully saturated rings. The molecule has 2 aromatic carbocycles. The van der Waals surface area contributed by atoms with Crippen LogP contribution in [0.2, 0.25) is 0 Å². The summed E-state index contributed by atoms with van der Waals surface area (Å²) in [4.78, 5) is 11.5. The van der Waals surface area contributed by atoms with Crippen molar-refractivity contribution < 1.29 is 14.5 Å². The SMILES string of the molecule is C[N+]1([O-])CCC(=C2c3ccccc3CCc3ccc(C(=O)O)cc32)CC1. The highest BCUT2D eigenvalue weighted by Gasteiger charge is 2.26. The van der Waals surface area contributed by atoms with Gasteiger partial charge < -0.3 is 15.0 Å². The third kappa shape index (κ3) is 3.06. The molecule has 134 valence electrons. The molecule has 0 atom stereocenters. The van der Waals surface area contributed by atoms with Crippen LogP contribution in [0.25, 0.3) is 5.57 Å². The second-order valence-electron chi connectivity index (χ2n) is 7.56. The van der Waals surface area contributed by atoms with Gasteiger partial charge in [0.15, 0.2) is 0 Å². The highest BCUT2D eigenvalue weighted by molar-refractivity contribution is 5.92. The monoisotopic (exact) mass is 349 g/mol. The van der Waals surface area contributed by atoms with Crippen LogP contribution >= 0.6 is 0 Å². The summed E-state index contributed by atoms with van der Waals surface area (Å²) in [7, 11) is 1.74. The van der Waals surface area contributed by atoms with E-state index >= 15 is 0 Å². The molecule has 1 saturated heterocycles. The molecule has 0 radical (unpaired) electrons. The Labute approximate surface area is 153 Å². The summed E-state index contributed by atoms with van der Waals surface area (Å²) in [6, 6.07) is 13.9. The Morgan fingerprint density at radius 1 is 0.962 bits per heavy atom. The number of likely N-dealkylation sites (tertiary alicyclic amines) is 1. The molecule has 4 rings (SSSR count). The van der Waals surface area contributed by atoms with Crippen LogP contribution in [0, 0.1) is 5.21 Å². The van der Waals surface area contributed by atoms with Crippen LogP contribution < -0.4 is 0 Å². The van der Waals surface area contributed by atoms with Crippen molar-refractivity contribution in [1.82, 2.24) is 0 Å². The van der Waals surface area contributed by atoms with E-state index in [4.69, 9.17) is 0 Å². The number of piperidine rings is 1. The summed E-state index contributed by atoms with van der Waals surface area (Å²) >= 11 is 0. The van der Waals surface area contributed by atoms with Gasteiger partial charge in [-0.05, 0) is 52.8 Å². The summed E-state index contributed by atoms with van der Waals surface area (Å²) in [5, 5.41) is 21.7. The average molecular weight is 349 g/mol. The average Bonchev–Trinajstić information content (AvgIpc) is 2.78. The Balaban J connectivity index is 1.94. The minimum Gasteiger partial charge on any atom is -0.633 e. The van der Waals surface area contributed by atoms with Crippen molar-refractivity contribution in [2.24, 2.45) is 0 Å². The van der Waals surface area contributed by atoms with Gasteiger partial charge in [0.2, 0.25) is 0 Å². The molecule has 0 unspecified atom stereocenters. The van der Waals surface area contributed by atoms with Gasteiger partial charge >= 0.3 is 5.97 Å². The van der Waals surface area contributed by atoms with Crippen LogP contribution in [0.1, 0.15) is 45.5 Å². The van der Waals surface area contributed by atoms with Crippen LogP contribution in [-0.4, -0.2) is 35.9 Å². The number of nitrogens with zero attached hydrogens (tertiary/aromatic N) is 1. The van der Waals surface area contributed by atoms with Gasteiger partial charge in [0, 0.05) is 12.8 Å². The van der Waals surface area contributed by atoms with E-state index in [1.807, 2.05) is 18.2 Å². The topological polar surface area (TPSA) is 60.4 Å². The number of fused-ring (bicyclic) bond motifs is 2. The van der Waals surface area contributed by atoms with E-state index in [0.29, 0.717) is 18.7 Å². The number of carboxylic acids is 1. The van der Waals surface area contributed by atoms with Crippen LogP contribution in [0.5, 0.6) is 0 Å². The van der Waals surface area contributed by atoms with E-state index in [1.165, 1.54) is 22.3 Å². The highest BCUT2D eigenvalue weighted by atomic mass is 16.5. The highest BCUT2D eigenvalue weighted by Crippen LogP contribution is 2.39. The largest absolute Gasteiger partial charge is 0.633 e. The zero-order chi connectivity index (χ0) is 18.3. The second-order valence-corrected chi connectivity index (χ2v) is 7.56. The Hall–Kier alpha value is -2.43. The van der Waals surface area contributed by atoms with Gasteiger partial charge in [-0.1, -0.05) is 35.9 Å². The quantitative estimate of drug-likeness (QED) is 0.625. The first-order valence-corrected chi connectivity index (χ1v) is 9.17. The Morgan fingerprint density at radius 2 is 1.62 bits per heavy atom. The number of hydroxylamine groups is 3. The predicted octanol–water partition coefficient (Wildman–Crippen LogP) is 4.02. The fourth-order valence-corrected chi connectivity index (χ4v) is 4.17. The van der Waals surface area contributed by atoms with Crippen LogP contribution in [-0.2, 0) is 12.8 Å². The van der Waals surface area contributed by atoms with E-state index in [0.717, 1.165) is 36.8 Å². The van der Waals surface area contributed by atoms with E-state index in [1.54, 1.807) is 13.1 Å². The van der Waals surface area contributed by atoms with Crippen molar-refractivity contribution in [2.75, 3.05) is 20.1 Å². The number of carbonyl (C=O) groups is 1. The number of aryl methyl sites for hydroxylation is 2. The number of hydrogen-bond donors (Lipinski definition) is 1. The number of quaternary nitrogens is 1. The van der Waals surface area contributed by atoms with Gasteiger partial charge in [-0.3, -0.25) is 0 Å². The van der Waals surface area contributed by atoms with Crippen molar-refractivity contribution in [1.29, 1.82) is 0 Å². The minimum atomic E-state index is -0.901. The first-order valence-electron chi connectivity index (χ1n) is 9.17. The Morgan fingerprint density at radius 3 is 2.31 bits per heavy atom. The molecule has 4 heteroatoms. The van der Waals surface area contributed by atoms with Gasteiger partial charge in [0.1, 0.15) is 0 Å². The molecule has 1 heterocycles. The third-order valence-corrected chi connectivity index (χ3v) is 5.70. The van der Waals surface area contributed by atoms with E-state index < -0.39 is 5.97 Å². The molecule has 0 bridgehead atoms. The van der Waals surface area contributed by atoms with Crippen molar-refractivity contribution in [3.8, 4) is 0 Å². The number of aromatic carboxylic acids is 1. The van der Waals surface area contributed by atoms with Gasteiger partial charge in [-0.15, -0.1) is 0 Å². The van der Waals surface area contributed by atoms with Crippen LogP contribution in [0.3, 0.4) is 0 Å². The zero-order valence-electron chi connectivity index (χ0n) is 15.0. The smallest absolute Gasteiger partial charge is 0.335 e. The maximum absolute atomic E-state index is 12.3. The number of carboxylic acid groups (broad SMARTS) is 1. The fraction of sp³-hybridized carbons (Fsp3) is 0.318. The lowest BCUT2D eigenvalue weighted by molar-refractivity contribution is -0.863. The first kappa shape index (κ1) is 17.0. The number of hydrogen-bond acceptors (Lipinski definition) is 2. The van der Waals surface area contributed by atoms with E-state index in [2.05, 4.69) is 18.2 Å². The molecule has 0 spiro atoms. The van der Waals surface area contributed by atoms with Gasteiger partial charge in [-0.25, -0.2) is 4.79 Å². The van der Waals surface area contributed by atoms with Crippen LogP contribution in [0.15, 0.2) is 48.0 Å². The molecule has 0 aromatic heterocycles. The molecule has 0 saturated carbocycles. The van der Waals surface area contributed by atoms with Crippen molar-refractivity contribution in [3.63, 3.8) is 0 Å². The lowest BCUT2D eigenvalue weighted by atomic mass is 9.85. The lowest BCUT2D eigenvalue weighted by Gasteiger charge is -2.43. The van der Waals surface area contributed by atoms with Crippen LogP contribution in [0.4, 0.5) is 0 Å². The molecular formula is C22H23NO3. The maximum Gasteiger partial charge on any atom is 0.335 e. The molecule has 26 heavy (non-hydrogen) atoms. The number of rotatable bonds is 1. The van der Waals surface area contributed by atoms with Crippen molar-refractivity contribution in [2.45, 2.75) is 25.7 Å². The predicted molar refractivity (Wildman–Crippen MR) is 102 cm³/mol. The number of benzene rings is 2. The Bertz CT molecular complexity index is 899. The fourth-order valence-electron chi connectivity index (χ4n) is 4.17. The third-order valence-electron chi connectivity index (χ3n) is 5.70. The summed E-state index contributed by atoms with van der Waals surface area (Å²) in [6.07, 6.45) is 3.38. The molecule has 4 nitrogen and oxygen atoms in total. The molecule has 0 amide bonds. The summed E-state index contributed by atoms with van der Waals surface area (Å²) in [5.41, 5.74) is 7.50. The molecule has 1 aliphatic heterocycles. The van der Waals surface area contributed by atoms with Gasteiger partial charge in [0.25, 0.3) is 0 Å². The molecule has 1 aliphatic carbocycles. The first-order chi connectivity index (χ1) is 12.4. The standard InChI is InChI=1S/C22H23NO3/c1-23(26)12-10-17(11-13-23)21-19-5-3-2-4-15(19)6-7-16-8-9-18(22(24)25)14-20(16)21/h2-5,8-9,14H,6-7,10-13H2,1H3,(H,24,25). The Kier molecular flexibility index (Phi) is 4.17. The minimum absolute atomic E-state index is 0.194. The second kappa shape index (κ2) is 6.38. The molecule has 2 aromatic rings. The van der Waals surface area contributed by atoms with Gasteiger partial charge in [-0.2, -0.15) is 0 Å². The maximum atomic E-state index is 12.3.